The van der Waals surface area contributed by atoms with Gasteiger partial charge in [-0.3, -0.25) is 9.59 Å². The molecule has 3 rings (SSSR count). The van der Waals surface area contributed by atoms with E-state index in [0.717, 1.165) is 0 Å². The summed E-state index contributed by atoms with van der Waals surface area (Å²) in [5.41, 5.74) is 0.797. The van der Waals surface area contributed by atoms with Crippen LogP contribution in [0, 0.1) is 0 Å². The quantitative estimate of drug-likeness (QED) is 0.808. The number of hydrogen-bond donors (Lipinski definition) is 2. The summed E-state index contributed by atoms with van der Waals surface area (Å²) in [6, 6.07) is 11.7. The number of nitrogens with one attached hydrogen (secondary N) is 2. The zero-order valence-electron chi connectivity index (χ0n) is 14.7. The molecule has 0 spiro atoms. The van der Waals surface area contributed by atoms with Gasteiger partial charge in [-0.15, -0.1) is 0 Å². The normalized spacial score (nSPS) is 12.8. The molecule has 0 saturated heterocycles. The van der Waals surface area contributed by atoms with Crippen LogP contribution in [-0.2, 0) is 4.84 Å². The number of carbonyl (C=O) groups excluding carboxylic acids is 4. The summed E-state index contributed by atoms with van der Waals surface area (Å²) in [6.07, 6.45) is 0. The highest BCUT2D eigenvalue weighted by Crippen LogP contribution is 2.23. The molecule has 1 heterocycles. The number of hydroxylamine groups is 2. The van der Waals surface area contributed by atoms with Gasteiger partial charge in [0.2, 0.25) is 0 Å². The van der Waals surface area contributed by atoms with Gasteiger partial charge in [0.15, 0.2) is 0 Å². The number of rotatable bonds is 4. The van der Waals surface area contributed by atoms with E-state index in [0.29, 0.717) is 10.8 Å². The first-order valence-electron chi connectivity index (χ1n) is 8.24. The highest BCUT2D eigenvalue weighted by atomic mass is 16.7. The molecule has 0 unspecified atom stereocenters. The van der Waals surface area contributed by atoms with Gasteiger partial charge in [-0.1, -0.05) is 23.3 Å². The number of anilines is 1. The third-order valence-corrected chi connectivity index (χ3v) is 3.71. The van der Waals surface area contributed by atoms with E-state index in [2.05, 4.69) is 10.6 Å². The number of fused-ring (bicyclic) bond motifs is 1. The number of urea groups is 1. The summed E-state index contributed by atoms with van der Waals surface area (Å²) >= 11 is 0. The Hall–Kier alpha value is -3.68. The first-order chi connectivity index (χ1) is 12.9. The molecule has 1 aliphatic heterocycles. The molecule has 0 radical (unpaired) electrons. The van der Waals surface area contributed by atoms with Gasteiger partial charge in [0.25, 0.3) is 11.8 Å². The van der Waals surface area contributed by atoms with Crippen LogP contribution in [0.15, 0.2) is 48.5 Å². The van der Waals surface area contributed by atoms with Crippen molar-refractivity contribution in [1.82, 2.24) is 10.4 Å². The van der Waals surface area contributed by atoms with E-state index in [1.54, 1.807) is 24.3 Å². The van der Waals surface area contributed by atoms with Crippen LogP contribution in [0.3, 0.4) is 0 Å². The standard InChI is InChI=1S/C19H17N3O5/c1-11(2)20-19(26)21-13-7-5-6-12(10-13)18(25)27-22-16(23)14-8-3-4-9-15(14)17(22)24/h3-11H,1-2H3,(H2,20,21,26). The average molecular weight is 367 g/mol. The van der Waals surface area contributed by atoms with E-state index in [1.807, 2.05) is 13.8 Å². The zero-order valence-corrected chi connectivity index (χ0v) is 14.7. The fourth-order valence-electron chi connectivity index (χ4n) is 2.54. The third kappa shape index (κ3) is 3.79. The Bertz CT molecular complexity index is 903. The summed E-state index contributed by atoms with van der Waals surface area (Å²) in [5, 5.41) is 5.69. The van der Waals surface area contributed by atoms with E-state index in [9.17, 15) is 19.2 Å². The van der Waals surface area contributed by atoms with Gasteiger partial charge in [-0.05, 0) is 44.2 Å². The van der Waals surface area contributed by atoms with Crippen molar-refractivity contribution in [3.8, 4) is 0 Å². The number of hydrogen-bond acceptors (Lipinski definition) is 5. The SMILES string of the molecule is CC(C)NC(=O)Nc1cccc(C(=O)ON2C(=O)c3ccccc3C2=O)c1. The van der Waals surface area contributed by atoms with Gasteiger partial charge in [-0.25, -0.2) is 9.59 Å². The largest absolute Gasteiger partial charge is 0.364 e. The first-order valence-corrected chi connectivity index (χ1v) is 8.24. The lowest BCUT2D eigenvalue weighted by Gasteiger charge is -2.13. The van der Waals surface area contributed by atoms with Crippen LogP contribution >= 0.6 is 0 Å². The Balaban J connectivity index is 1.72. The van der Waals surface area contributed by atoms with Gasteiger partial charge >= 0.3 is 12.0 Å². The van der Waals surface area contributed by atoms with Crippen molar-refractivity contribution in [1.29, 1.82) is 0 Å². The van der Waals surface area contributed by atoms with Crippen molar-refractivity contribution in [2.24, 2.45) is 0 Å². The van der Waals surface area contributed by atoms with Crippen molar-refractivity contribution < 1.29 is 24.0 Å². The van der Waals surface area contributed by atoms with Gasteiger partial charge in [0, 0.05) is 11.7 Å². The number of nitrogens with zero attached hydrogens (tertiary/aromatic N) is 1. The lowest BCUT2D eigenvalue weighted by Crippen LogP contribution is -2.34. The van der Waals surface area contributed by atoms with Crippen LogP contribution in [0.4, 0.5) is 10.5 Å². The molecule has 0 aliphatic carbocycles. The molecule has 8 heteroatoms. The van der Waals surface area contributed by atoms with Crippen molar-refractivity contribution in [3.05, 3.63) is 65.2 Å². The molecule has 0 aromatic heterocycles. The zero-order chi connectivity index (χ0) is 19.6. The lowest BCUT2D eigenvalue weighted by molar-refractivity contribution is -0.0584. The summed E-state index contributed by atoms with van der Waals surface area (Å²) in [6.45, 7) is 3.63. The molecule has 27 heavy (non-hydrogen) atoms. The molecule has 4 amide bonds. The summed E-state index contributed by atoms with van der Waals surface area (Å²) in [5.74, 6) is -2.29. The van der Waals surface area contributed by atoms with E-state index in [-0.39, 0.29) is 22.7 Å². The summed E-state index contributed by atoms with van der Waals surface area (Å²) < 4.78 is 0. The van der Waals surface area contributed by atoms with Crippen LogP contribution in [0.1, 0.15) is 44.9 Å². The van der Waals surface area contributed by atoms with Crippen molar-refractivity contribution in [2.45, 2.75) is 19.9 Å². The molecule has 8 nitrogen and oxygen atoms in total. The van der Waals surface area contributed by atoms with Crippen LogP contribution in [0.25, 0.3) is 0 Å². The molecule has 1 aliphatic rings. The smallest absolute Gasteiger partial charge is 0.336 e. The van der Waals surface area contributed by atoms with E-state index in [1.165, 1.54) is 24.3 Å². The lowest BCUT2D eigenvalue weighted by atomic mass is 10.1. The molecular formula is C19H17N3O5. The Morgan fingerprint density at radius 3 is 2.19 bits per heavy atom. The molecule has 0 saturated carbocycles. The van der Waals surface area contributed by atoms with Crippen molar-refractivity contribution in [3.63, 3.8) is 0 Å². The van der Waals surface area contributed by atoms with Crippen LogP contribution in [-0.4, -0.2) is 34.9 Å². The predicted octanol–water partition coefficient (Wildman–Crippen LogP) is 2.58. The van der Waals surface area contributed by atoms with E-state index < -0.39 is 23.8 Å². The minimum Gasteiger partial charge on any atom is -0.336 e. The molecule has 2 aromatic rings. The Morgan fingerprint density at radius 1 is 0.963 bits per heavy atom. The highest BCUT2D eigenvalue weighted by Gasteiger charge is 2.38. The van der Waals surface area contributed by atoms with E-state index in [4.69, 9.17) is 4.84 Å². The Labute approximate surface area is 155 Å². The average Bonchev–Trinajstić information content (AvgIpc) is 2.86. The van der Waals surface area contributed by atoms with Crippen molar-refractivity contribution >= 4 is 29.5 Å². The molecule has 0 fully saturated rings. The minimum absolute atomic E-state index is 0.0491. The van der Waals surface area contributed by atoms with Gasteiger partial charge < -0.3 is 15.5 Å². The van der Waals surface area contributed by atoms with Gasteiger partial charge in [-0.2, -0.15) is 0 Å². The molecule has 2 aromatic carbocycles. The second kappa shape index (κ2) is 7.28. The summed E-state index contributed by atoms with van der Waals surface area (Å²) in [4.78, 5) is 53.6. The Morgan fingerprint density at radius 2 is 1.59 bits per heavy atom. The number of imide groups is 1. The van der Waals surface area contributed by atoms with Crippen LogP contribution in [0.5, 0.6) is 0 Å². The second-order valence-electron chi connectivity index (χ2n) is 6.16. The molecule has 2 N–H and O–H groups in total. The number of benzene rings is 2. The predicted molar refractivity (Wildman–Crippen MR) is 96.1 cm³/mol. The van der Waals surface area contributed by atoms with Crippen LogP contribution in [0.2, 0.25) is 0 Å². The second-order valence-corrected chi connectivity index (χ2v) is 6.16. The highest BCUT2D eigenvalue weighted by molar-refractivity contribution is 6.21. The molecule has 0 bridgehead atoms. The maximum absolute atomic E-state index is 12.4. The minimum atomic E-state index is -0.891. The maximum Gasteiger partial charge on any atom is 0.364 e. The Kier molecular flexibility index (Phi) is 4.89. The van der Waals surface area contributed by atoms with Crippen LogP contribution < -0.4 is 10.6 Å². The monoisotopic (exact) mass is 367 g/mol. The first kappa shape index (κ1) is 18.1. The van der Waals surface area contributed by atoms with Crippen molar-refractivity contribution in [2.75, 3.05) is 5.32 Å². The maximum atomic E-state index is 12.4. The topological polar surface area (TPSA) is 105 Å². The number of amides is 4. The molecular weight excluding hydrogens is 350 g/mol. The van der Waals surface area contributed by atoms with E-state index >= 15 is 0 Å². The fourth-order valence-corrected chi connectivity index (χ4v) is 2.54. The van der Waals surface area contributed by atoms with Gasteiger partial charge in [0.05, 0.1) is 16.7 Å². The summed E-state index contributed by atoms with van der Waals surface area (Å²) in [7, 11) is 0. The third-order valence-electron chi connectivity index (χ3n) is 3.71. The molecule has 0 atom stereocenters. The number of carbonyl (C=O) groups is 4. The molecule has 138 valence electrons. The fraction of sp³-hybridized carbons (Fsp3) is 0.158. The van der Waals surface area contributed by atoms with Gasteiger partial charge in [0.1, 0.15) is 0 Å².